The lowest BCUT2D eigenvalue weighted by Crippen LogP contribution is -2.45. The molecule has 0 fully saturated rings. The Morgan fingerprint density at radius 2 is 1.81 bits per heavy atom. The van der Waals surface area contributed by atoms with Gasteiger partial charge in [-0.2, -0.15) is 0 Å². The smallest absolute Gasteiger partial charge is 0.246 e. The van der Waals surface area contributed by atoms with Crippen LogP contribution in [0.1, 0.15) is 51.7 Å². The summed E-state index contributed by atoms with van der Waals surface area (Å²) in [5, 5.41) is 2.97. The van der Waals surface area contributed by atoms with E-state index in [1.807, 2.05) is 24.0 Å². The number of nitrogens with one attached hydrogen (secondary N) is 1. The molecule has 0 saturated carbocycles. The molecule has 5 nitrogen and oxygen atoms in total. The van der Waals surface area contributed by atoms with Crippen molar-refractivity contribution >= 4 is 11.8 Å². The molecule has 5 heteroatoms. The molecule has 0 saturated heterocycles. The maximum absolute atomic E-state index is 12.6. The van der Waals surface area contributed by atoms with Gasteiger partial charge in [0.2, 0.25) is 11.8 Å². The van der Waals surface area contributed by atoms with Crippen molar-refractivity contribution in [3.05, 3.63) is 47.5 Å². The van der Waals surface area contributed by atoms with Crippen molar-refractivity contribution < 1.29 is 9.59 Å². The van der Waals surface area contributed by atoms with Crippen molar-refractivity contribution in [2.75, 3.05) is 0 Å². The summed E-state index contributed by atoms with van der Waals surface area (Å²) < 4.78 is 0. The summed E-state index contributed by atoms with van der Waals surface area (Å²) in [4.78, 5) is 26.5. The van der Waals surface area contributed by atoms with Crippen LogP contribution in [-0.4, -0.2) is 28.8 Å². The van der Waals surface area contributed by atoms with Crippen molar-refractivity contribution in [3.63, 3.8) is 0 Å². The molecule has 2 amide bonds. The van der Waals surface area contributed by atoms with E-state index in [2.05, 4.69) is 38.2 Å². The van der Waals surface area contributed by atoms with E-state index in [1.165, 1.54) is 11.1 Å². The van der Waals surface area contributed by atoms with E-state index >= 15 is 0 Å². The molecule has 0 bridgehead atoms. The largest absolute Gasteiger partial charge is 0.349 e. The first-order chi connectivity index (χ1) is 12.2. The summed E-state index contributed by atoms with van der Waals surface area (Å²) in [5.41, 5.74) is 8.23. The first-order valence-corrected chi connectivity index (χ1v) is 9.29. The molecule has 0 radical (unpaired) electrons. The van der Waals surface area contributed by atoms with Crippen LogP contribution in [0.15, 0.2) is 36.4 Å². The van der Waals surface area contributed by atoms with E-state index in [4.69, 9.17) is 5.73 Å². The van der Waals surface area contributed by atoms with E-state index < -0.39 is 6.04 Å². The van der Waals surface area contributed by atoms with E-state index in [9.17, 15) is 9.59 Å². The monoisotopic (exact) mass is 357 g/mol. The number of nitrogens with zero attached hydrogens (tertiary/aromatic N) is 1. The van der Waals surface area contributed by atoms with Crippen molar-refractivity contribution in [3.8, 4) is 0 Å². The Bertz CT molecular complexity index is 651. The fourth-order valence-electron chi connectivity index (χ4n) is 3.09. The molecule has 0 spiro atoms. The van der Waals surface area contributed by atoms with Gasteiger partial charge in [0.1, 0.15) is 0 Å². The third kappa shape index (κ3) is 5.70. The Morgan fingerprint density at radius 1 is 1.23 bits per heavy atom. The summed E-state index contributed by atoms with van der Waals surface area (Å²) in [7, 11) is 0. The molecule has 1 heterocycles. The van der Waals surface area contributed by atoms with Crippen LogP contribution in [-0.2, 0) is 22.7 Å². The van der Waals surface area contributed by atoms with E-state index in [-0.39, 0.29) is 23.3 Å². The Balaban J connectivity index is 2.02. The second kappa shape index (κ2) is 8.49. The summed E-state index contributed by atoms with van der Waals surface area (Å²) in [6.45, 7) is 9.48. The van der Waals surface area contributed by atoms with Gasteiger partial charge in [0.25, 0.3) is 0 Å². The molecule has 26 heavy (non-hydrogen) atoms. The van der Waals surface area contributed by atoms with Gasteiger partial charge in [0, 0.05) is 25.2 Å². The average Bonchev–Trinajstić information content (AvgIpc) is 3.01. The van der Waals surface area contributed by atoms with Crippen LogP contribution in [0.3, 0.4) is 0 Å². The van der Waals surface area contributed by atoms with Gasteiger partial charge in [-0.25, -0.2) is 0 Å². The predicted octanol–water partition coefficient (Wildman–Crippen LogP) is 2.74. The highest BCUT2D eigenvalue weighted by molar-refractivity contribution is 5.88. The third-order valence-corrected chi connectivity index (χ3v) is 4.56. The zero-order chi connectivity index (χ0) is 19.3. The van der Waals surface area contributed by atoms with Gasteiger partial charge in [0.15, 0.2) is 0 Å². The number of hydrogen-bond acceptors (Lipinski definition) is 3. The molecular weight excluding hydrogens is 326 g/mol. The summed E-state index contributed by atoms with van der Waals surface area (Å²) in [6, 6.07) is 7.37. The molecule has 0 aliphatic carbocycles. The topological polar surface area (TPSA) is 75.4 Å². The quantitative estimate of drug-likeness (QED) is 0.769. The van der Waals surface area contributed by atoms with Gasteiger partial charge in [-0.15, -0.1) is 0 Å². The number of hydrogen-bond donors (Lipinski definition) is 2. The molecule has 142 valence electrons. The fourth-order valence-corrected chi connectivity index (χ4v) is 3.09. The lowest BCUT2D eigenvalue weighted by molar-refractivity contribution is -0.127. The SMILES string of the molecule is CC[C@H](N)C(=O)N[C@H](/C=C/C(=O)N1Cc2ccccc2C1)CC(C)(C)C. The Morgan fingerprint density at radius 3 is 2.31 bits per heavy atom. The van der Waals surface area contributed by atoms with Gasteiger partial charge in [-0.05, 0) is 29.4 Å². The van der Waals surface area contributed by atoms with E-state index in [1.54, 1.807) is 12.2 Å². The zero-order valence-corrected chi connectivity index (χ0v) is 16.3. The predicted molar refractivity (Wildman–Crippen MR) is 104 cm³/mol. The first-order valence-electron chi connectivity index (χ1n) is 9.29. The molecule has 1 aromatic rings. The van der Waals surface area contributed by atoms with Gasteiger partial charge in [-0.1, -0.05) is 58.0 Å². The summed E-state index contributed by atoms with van der Waals surface area (Å²) in [5.74, 6) is -0.207. The van der Waals surface area contributed by atoms with Gasteiger partial charge < -0.3 is 16.0 Å². The number of amides is 2. The second-order valence-electron chi connectivity index (χ2n) is 8.22. The third-order valence-electron chi connectivity index (χ3n) is 4.56. The highest BCUT2D eigenvalue weighted by Gasteiger charge is 2.23. The van der Waals surface area contributed by atoms with Crippen LogP contribution >= 0.6 is 0 Å². The van der Waals surface area contributed by atoms with Crippen LogP contribution in [0.2, 0.25) is 0 Å². The van der Waals surface area contributed by atoms with Gasteiger partial charge in [-0.3, -0.25) is 9.59 Å². The number of benzene rings is 1. The lowest BCUT2D eigenvalue weighted by Gasteiger charge is -2.26. The molecule has 2 rings (SSSR count). The maximum atomic E-state index is 12.6. The van der Waals surface area contributed by atoms with Crippen molar-refractivity contribution in [2.24, 2.45) is 11.1 Å². The van der Waals surface area contributed by atoms with Crippen LogP contribution in [0, 0.1) is 5.41 Å². The molecule has 3 N–H and O–H groups in total. The fraction of sp³-hybridized carbons (Fsp3) is 0.524. The number of fused-ring (bicyclic) bond motifs is 1. The minimum Gasteiger partial charge on any atom is -0.349 e. The highest BCUT2D eigenvalue weighted by atomic mass is 16.2. The molecular formula is C21H31N3O2. The number of rotatable bonds is 6. The maximum Gasteiger partial charge on any atom is 0.246 e. The normalized spacial score (nSPS) is 16.4. The lowest BCUT2D eigenvalue weighted by atomic mass is 9.87. The molecule has 2 atom stereocenters. The molecule has 1 aliphatic rings. The molecule has 1 aromatic carbocycles. The average molecular weight is 357 g/mol. The van der Waals surface area contributed by atoms with Crippen LogP contribution in [0.5, 0.6) is 0 Å². The molecule has 1 aliphatic heterocycles. The summed E-state index contributed by atoms with van der Waals surface area (Å²) in [6.07, 6.45) is 4.71. The number of nitrogens with two attached hydrogens (primary N) is 1. The van der Waals surface area contributed by atoms with Crippen LogP contribution < -0.4 is 11.1 Å². The standard InChI is InChI=1S/C21H31N3O2/c1-5-18(22)20(26)23-17(12-21(2,3)4)10-11-19(25)24-13-15-8-6-7-9-16(15)14-24/h6-11,17-18H,5,12-14,22H2,1-4H3,(H,23,26)/b11-10+/t17-,18+/m1/s1. The number of carbonyl (C=O) groups excluding carboxylic acids is 2. The Kier molecular flexibility index (Phi) is 6.59. The van der Waals surface area contributed by atoms with Crippen molar-refractivity contribution in [1.82, 2.24) is 10.2 Å². The minimum absolute atomic E-state index is 0.0194. The Hall–Kier alpha value is -2.14. The first kappa shape index (κ1) is 20.2. The summed E-state index contributed by atoms with van der Waals surface area (Å²) >= 11 is 0. The number of carbonyl (C=O) groups is 2. The van der Waals surface area contributed by atoms with Gasteiger partial charge >= 0.3 is 0 Å². The van der Waals surface area contributed by atoms with Crippen LogP contribution in [0.25, 0.3) is 0 Å². The molecule has 0 aromatic heterocycles. The molecule has 0 unspecified atom stereocenters. The van der Waals surface area contributed by atoms with Crippen LogP contribution in [0.4, 0.5) is 0 Å². The minimum atomic E-state index is -0.519. The second-order valence-corrected chi connectivity index (χ2v) is 8.22. The van der Waals surface area contributed by atoms with Crippen molar-refractivity contribution in [1.29, 1.82) is 0 Å². The zero-order valence-electron chi connectivity index (χ0n) is 16.3. The van der Waals surface area contributed by atoms with E-state index in [0.717, 1.165) is 6.42 Å². The van der Waals surface area contributed by atoms with E-state index in [0.29, 0.717) is 19.5 Å². The van der Waals surface area contributed by atoms with Crippen molar-refractivity contribution in [2.45, 2.75) is 65.7 Å². The Labute approximate surface area is 156 Å². The highest BCUT2D eigenvalue weighted by Crippen LogP contribution is 2.23. The van der Waals surface area contributed by atoms with Gasteiger partial charge in [0.05, 0.1) is 6.04 Å².